The van der Waals surface area contributed by atoms with Crippen LogP contribution in [0.4, 0.5) is 5.69 Å². The first-order chi connectivity index (χ1) is 7.35. The number of rotatable bonds is 3. The van der Waals surface area contributed by atoms with Gasteiger partial charge < -0.3 is 10.1 Å². The van der Waals surface area contributed by atoms with Gasteiger partial charge in [0.15, 0.2) is 0 Å². The van der Waals surface area contributed by atoms with Gasteiger partial charge in [0.2, 0.25) is 6.41 Å². The molecule has 0 radical (unpaired) electrons. The van der Waals surface area contributed by atoms with Crippen LogP contribution in [-0.4, -0.2) is 18.5 Å². The third kappa shape index (κ3) is 1.74. The summed E-state index contributed by atoms with van der Waals surface area (Å²) in [4.78, 5) is 14.6. The number of hydrogen-bond donors (Lipinski definition) is 1. The van der Waals surface area contributed by atoms with Crippen LogP contribution in [0, 0.1) is 0 Å². The fraction of sp³-hybridized carbons (Fsp3) is 0.0909. The molecule has 0 aliphatic rings. The van der Waals surface area contributed by atoms with Crippen LogP contribution in [0.3, 0.4) is 0 Å². The van der Waals surface area contributed by atoms with E-state index in [4.69, 9.17) is 4.74 Å². The van der Waals surface area contributed by atoms with Crippen LogP contribution in [0.2, 0.25) is 0 Å². The van der Waals surface area contributed by atoms with Gasteiger partial charge in [-0.3, -0.25) is 9.78 Å². The zero-order valence-electron chi connectivity index (χ0n) is 8.23. The molecule has 4 nitrogen and oxygen atoms in total. The number of aromatic nitrogens is 1. The van der Waals surface area contributed by atoms with Gasteiger partial charge in [-0.25, -0.2) is 0 Å². The number of carbonyl (C=O) groups is 1. The second-order valence-electron chi connectivity index (χ2n) is 3.01. The van der Waals surface area contributed by atoms with Gasteiger partial charge in [-0.05, 0) is 12.1 Å². The van der Waals surface area contributed by atoms with Crippen LogP contribution >= 0.6 is 0 Å². The number of pyridine rings is 1. The molecule has 0 aliphatic carbocycles. The number of carbonyl (C=O) groups excluding carboxylic acids is 1. The molecule has 0 aliphatic heterocycles. The predicted molar refractivity (Wildman–Crippen MR) is 58.0 cm³/mol. The van der Waals surface area contributed by atoms with Gasteiger partial charge >= 0.3 is 0 Å². The Bertz CT molecular complexity index is 497. The van der Waals surface area contributed by atoms with E-state index in [2.05, 4.69) is 10.3 Å². The Morgan fingerprint density at radius 2 is 2.33 bits per heavy atom. The molecule has 0 unspecified atom stereocenters. The summed E-state index contributed by atoms with van der Waals surface area (Å²) < 4.78 is 5.07. The van der Waals surface area contributed by atoms with Crippen LogP contribution in [0.15, 0.2) is 30.5 Å². The van der Waals surface area contributed by atoms with Crippen molar-refractivity contribution in [2.45, 2.75) is 0 Å². The van der Waals surface area contributed by atoms with Crippen molar-refractivity contribution >= 4 is 23.0 Å². The second kappa shape index (κ2) is 3.96. The highest BCUT2D eigenvalue weighted by Gasteiger charge is 2.02. The number of ether oxygens (including phenoxy) is 1. The molecule has 1 aromatic carbocycles. The molecular weight excluding hydrogens is 192 g/mol. The molecule has 1 N–H and O–H groups in total. The van der Waals surface area contributed by atoms with E-state index in [1.54, 1.807) is 19.4 Å². The zero-order valence-corrected chi connectivity index (χ0v) is 8.23. The van der Waals surface area contributed by atoms with E-state index in [1.165, 1.54) is 0 Å². The molecule has 2 rings (SSSR count). The molecule has 1 amide bonds. The van der Waals surface area contributed by atoms with Gasteiger partial charge in [0, 0.05) is 5.39 Å². The number of amides is 1. The molecule has 0 bridgehead atoms. The maximum absolute atomic E-state index is 10.4. The van der Waals surface area contributed by atoms with Crippen molar-refractivity contribution in [1.29, 1.82) is 0 Å². The largest absolute Gasteiger partial charge is 0.495 e. The first kappa shape index (κ1) is 9.45. The van der Waals surface area contributed by atoms with Crippen molar-refractivity contribution in [2.24, 2.45) is 0 Å². The number of hydrogen-bond acceptors (Lipinski definition) is 3. The number of benzene rings is 1. The summed E-state index contributed by atoms with van der Waals surface area (Å²) in [5.74, 6) is 0.700. The van der Waals surface area contributed by atoms with E-state index in [1.807, 2.05) is 18.2 Å². The van der Waals surface area contributed by atoms with Crippen LogP contribution in [0.25, 0.3) is 10.9 Å². The van der Waals surface area contributed by atoms with Gasteiger partial charge in [-0.15, -0.1) is 0 Å². The van der Waals surface area contributed by atoms with Crippen molar-refractivity contribution < 1.29 is 9.53 Å². The number of nitrogens with one attached hydrogen (secondary N) is 1. The summed E-state index contributed by atoms with van der Waals surface area (Å²) in [5.41, 5.74) is 1.45. The quantitative estimate of drug-likeness (QED) is 0.772. The number of methoxy groups -OCH3 is 1. The van der Waals surface area contributed by atoms with Crippen molar-refractivity contribution in [2.75, 3.05) is 12.4 Å². The standard InChI is InChI=1S/C11H10N2O2/c1-15-9-5-8-3-2-4-10(13-7-14)11(8)12-6-9/h2-7H,1H3,(H,13,14). The second-order valence-corrected chi connectivity index (χ2v) is 3.01. The fourth-order valence-corrected chi connectivity index (χ4v) is 1.43. The maximum Gasteiger partial charge on any atom is 0.211 e. The van der Waals surface area contributed by atoms with Gasteiger partial charge in [0.1, 0.15) is 5.75 Å². The molecular formula is C11H10N2O2. The molecule has 0 saturated heterocycles. The highest BCUT2D eigenvalue weighted by molar-refractivity contribution is 5.94. The fourth-order valence-electron chi connectivity index (χ4n) is 1.43. The molecule has 2 aromatic rings. The van der Waals surface area contributed by atoms with E-state index in [9.17, 15) is 4.79 Å². The zero-order chi connectivity index (χ0) is 10.7. The average molecular weight is 202 g/mol. The first-order valence-electron chi connectivity index (χ1n) is 4.48. The summed E-state index contributed by atoms with van der Waals surface area (Å²) in [6.45, 7) is 0. The third-order valence-corrected chi connectivity index (χ3v) is 2.14. The Morgan fingerprint density at radius 1 is 1.47 bits per heavy atom. The number of nitrogens with zero attached hydrogens (tertiary/aromatic N) is 1. The minimum Gasteiger partial charge on any atom is -0.495 e. The SMILES string of the molecule is COc1cnc2c(NC=O)cccc2c1. The van der Waals surface area contributed by atoms with Gasteiger partial charge in [-0.1, -0.05) is 12.1 Å². The minimum atomic E-state index is 0.640. The van der Waals surface area contributed by atoms with Crippen molar-refractivity contribution in [3.63, 3.8) is 0 Å². The normalized spacial score (nSPS) is 9.93. The number of anilines is 1. The van der Waals surface area contributed by atoms with Crippen molar-refractivity contribution in [3.8, 4) is 5.75 Å². The van der Waals surface area contributed by atoms with E-state index in [0.717, 1.165) is 10.9 Å². The maximum atomic E-state index is 10.4. The molecule has 15 heavy (non-hydrogen) atoms. The van der Waals surface area contributed by atoms with E-state index in [0.29, 0.717) is 17.8 Å². The summed E-state index contributed by atoms with van der Waals surface area (Å²) in [7, 11) is 1.59. The third-order valence-electron chi connectivity index (χ3n) is 2.14. The Balaban J connectivity index is 2.61. The van der Waals surface area contributed by atoms with Crippen LogP contribution in [-0.2, 0) is 4.79 Å². The van der Waals surface area contributed by atoms with E-state index in [-0.39, 0.29) is 0 Å². The van der Waals surface area contributed by atoms with Gasteiger partial charge in [-0.2, -0.15) is 0 Å². The van der Waals surface area contributed by atoms with Crippen molar-refractivity contribution in [3.05, 3.63) is 30.5 Å². The Kier molecular flexibility index (Phi) is 2.49. The molecule has 0 atom stereocenters. The highest BCUT2D eigenvalue weighted by Crippen LogP contribution is 2.23. The monoisotopic (exact) mass is 202 g/mol. The van der Waals surface area contributed by atoms with Crippen LogP contribution < -0.4 is 10.1 Å². The number of fused-ring (bicyclic) bond motifs is 1. The molecule has 0 fully saturated rings. The molecule has 76 valence electrons. The predicted octanol–water partition coefficient (Wildman–Crippen LogP) is 1.81. The summed E-state index contributed by atoms with van der Waals surface area (Å²) in [5, 5.41) is 3.54. The summed E-state index contributed by atoms with van der Waals surface area (Å²) >= 11 is 0. The minimum absolute atomic E-state index is 0.640. The van der Waals surface area contributed by atoms with Crippen LogP contribution in [0.1, 0.15) is 0 Å². The smallest absolute Gasteiger partial charge is 0.211 e. The molecule has 0 spiro atoms. The lowest BCUT2D eigenvalue weighted by atomic mass is 10.2. The lowest BCUT2D eigenvalue weighted by Gasteiger charge is -2.05. The van der Waals surface area contributed by atoms with Gasteiger partial charge in [0.05, 0.1) is 24.5 Å². The van der Waals surface area contributed by atoms with Crippen molar-refractivity contribution in [1.82, 2.24) is 4.98 Å². The summed E-state index contributed by atoms with van der Waals surface area (Å²) in [6, 6.07) is 7.45. The molecule has 1 aromatic heterocycles. The number of para-hydroxylation sites is 1. The van der Waals surface area contributed by atoms with E-state index >= 15 is 0 Å². The first-order valence-corrected chi connectivity index (χ1v) is 4.48. The molecule has 4 heteroatoms. The summed E-state index contributed by atoms with van der Waals surface area (Å²) in [6.07, 6.45) is 2.26. The lowest BCUT2D eigenvalue weighted by Crippen LogP contribution is -1.96. The van der Waals surface area contributed by atoms with Gasteiger partial charge in [0.25, 0.3) is 0 Å². The Morgan fingerprint density at radius 3 is 3.07 bits per heavy atom. The Labute approximate surface area is 86.9 Å². The topological polar surface area (TPSA) is 51.2 Å². The molecule has 0 saturated carbocycles. The van der Waals surface area contributed by atoms with E-state index < -0.39 is 0 Å². The average Bonchev–Trinajstić information content (AvgIpc) is 2.29. The van der Waals surface area contributed by atoms with Crippen LogP contribution in [0.5, 0.6) is 5.75 Å². The molecule has 1 heterocycles. The highest BCUT2D eigenvalue weighted by atomic mass is 16.5. The lowest BCUT2D eigenvalue weighted by molar-refractivity contribution is -0.105. The Hall–Kier alpha value is -2.10.